The number of aliphatic hydroxyl groups is 1. The van der Waals surface area contributed by atoms with Gasteiger partial charge in [-0.25, -0.2) is 4.39 Å². The smallest absolute Gasteiger partial charge is 0.123 e. The van der Waals surface area contributed by atoms with E-state index in [0.29, 0.717) is 13.2 Å². The number of halogens is 1. The Morgan fingerprint density at radius 2 is 2.07 bits per heavy atom. The maximum absolute atomic E-state index is 13.1. The predicted molar refractivity (Wildman–Crippen MR) is 55.2 cm³/mol. The monoisotopic (exact) mass is 210 g/mol. The maximum Gasteiger partial charge on any atom is 0.123 e. The van der Waals surface area contributed by atoms with Gasteiger partial charge in [-0.2, -0.15) is 0 Å². The average molecular weight is 210 g/mol. The van der Waals surface area contributed by atoms with Gasteiger partial charge >= 0.3 is 0 Å². The van der Waals surface area contributed by atoms with Crippen molar-refractivity contribution in [2.24, 2.45) is 0 Å². The third kappa shape index (κ3) is 1.56. The Balaban J connectivity index is 2.43. The fourth-order valence-corrected chi connectivity index (χ4v) is 1.97. The van der Waals surface area contributed by atoms with Gasteiger partial charge in [0.25, 0.3) is 0 Å². The van der Waals surface area contributed by atoms with Crippen LogP contribution in [0.5, 0.6) is 0 Å². The Morgan fingerprint density at radius 1 is 1.40 bits per heavy atom. The molecule has 0 bridgehead atoms. The molecular formula is C12H15FO2. The van der Waals surface area contributed by atoms with Crippen LogP contribution in [0.25, 0.3) is 0 Å². The Morgan fingerprint density at radius 3 is 2.47 bits per heavy atom. The van der Waals surface area contributed by atoms with Crippen LogP contribution < -0.4 is 0 Å². The van der Waals surface area contributed by atoms with E-state index in [0.717, 1.165) is 5.56 Å². The second-order valence-corrected chi connectivity index (χ2v) is 4.64. The Hall–Kier alpha value is -0.930. The van der Waals surface area contributed by atoms with Crippen LogP contribution in [0, 0.1) is 5.82 Å². The van der Waals surface area contributed by atoms with Gasteiger partial charge in [-0.3, -0.25) is 0 Å². The summed E-state index contributed by atoms with van der Waals surface area (Å²) < 4.78 is 18.3. The minimum Gasteiger partial charge on any atom is -0.389 e. The van der Waals surface area contributed by atoms with Gasteiger partial charge in [0.2, 0.25) is 0 Å². The third-order valence-electron chi connectivity index (χ3n) is 3.25. The molecule has 1 heterocycles. The van der Waals surface area contributed by atoms with Gasteiger partial charge in [0, 0.05) is 0 Å². The van der Waals surface area contributed by atoms with Gasteiger partial charge in [-0.05, 0) is 31.5 Å². The Labute approximate surface area is 88.7 Å². The maximum atomic E-state index is 13.1. The van der Waals surface area contributed by atoms with Crippen LogP contribution in [0.4, 0.5) is 4.39 Å². The van der Waals surface area contributed by atoms with Gasteiger partial charge in [-0.15, -0.1) is 0 Å². The minimum atomic E-state index is -0.904. The molecule has 2 nitrogen and oxygen atoms in total. The fourth-order valence-electron chi connectivity index (χ4n) is 1.97. The van der Waals surface area contributed by atoms with E-state index in [-0.39, 0.29) is 5.82 Å². The summed E-state index contributed by atoms with van der Waals surface area (Å²) in [6.07, 6.45) is 0. The molecule has 1 aromatic rings. The zero-order valence-electron chi connectivity index (χ0n) is 8.96. The first-order chi connectivity index (χ1) is 6.96. The third-order valence-corrected chi connectivity index (χ3v) is 3.25. The quantitative estimate of drug-likeness (QED) is 0.807. The van der Waals surface area contributed by atoms with Crippen LogP contribution >= 0.6 is 0 Å². The molecule has 0 amide bonds. The molecule has 1 saturated heterocycles. The highest BCUT2D eigenvalue weighted by atomic mass is 19.1. The molecule has 82 valence electrons. The number of rotatable bonds is 2. The molecule has 0 unspecified atom stereocenters. The highest BCUT2D eigenvalue weighted by Gasteiger charge is 2.51. The molecule has 1 N–H and O–H groups in total. The van der Waals surface area contributed by atoms with Crippen LogP contribution in [0.3, 0.4) is 0 Å². The summed E-state index contributed by atoms with van der Waals surface area (Å²) in [5.41, 5.74) is -0.560. The summed E-state index contributed by atoms with van der Waals surface area (Å²) in [4.78, 5) is 0. The van der Waals surface area contributed by atoms with Crippen molar-refractivity contribution in [2.75, 3.05) is 13.2 Å². The molecule has 3 heteroatoms. The standard InChI is InChI=1S/C12H15FO2/c1-11(2,14)12(7-15-8-12)9-4-3-5-10(13)6-9/h3-6,14H,7-8H2,1-2H3. The van der Waals surface area contributed by atoms with Crippen molar-refractivity contribution in [3.63, 3.8) is 0 Å². The van der Waals surface area contributed by atoms with Crippen LogP contribution in [-0.2, 0) is 10.2 Å². The molecule has 0 aromatic heterocycles. The van der Waals surface area contributed by atoms with E-state index in [1.54, 1.807) is 19.9 Å². The molecule has 0 spiro atoms. The van der Waals surface area contributed by atoms with Gasteiger partial charge in [0.05, 0.1) is 24.2 Å². The van der Waals surface area contributed by atoms with E-state index in [1.807, 2.05) is 6.07 Å². The van der Waals surface area contributed by atoms with Crippen LogP contribution in [0.2, 0.25) is 0 Å². The summed E-state index contributed by atoms with van der Waals surface area (Å²) in [5, 5.41) is 10.1. The zero-order valence-corrected chi connectivity index (χ0v) is 8.96. The molecular weight excluding hydrogens is 195 g/mol. The molecule has 0 atom stereocenters. The van der Waals surface area contributed by atoms with Crippen molar-refractivity contribution < 1.29 is 14.2 Å². The van der Waals surface area contributed by atoms with E-state index in [1.165, 1.54) is 12.1 Å². The normalized spacial score (nSPS) is 19.7. The lowest BCUT2D eigenvalue weighted by atomic mass is 9.67. The van der Waals surface area contributed by atoms with Crippen LogP contribution in [0.15, 0.2) is 24.3 Å². The molecule has 1 aromatic carbocycles. The molecule has 0 saturated carbocycles. The van der Waals surface area contributed by atoms with Crippen LogP contribution in [-0.4, -0.2) is 23.9 Å². The number of hydrogen-bond acceptors (Lipinski definition) is 2. The van der Waals surface area contributed by atoms with Crippen molar-refractivity contribution in [1.82, 2.24) is 0 Å². The molecule has 2 rings (SSSR count). The number of hydrogen-bond donors (Lipinski definition) is 1. The summed E-state index contributed by atoms with van der Waals surface area (Å²) in [6, 6.07) is 6.38. The van der Waals surface area contributed by atoms with Crippen LogP contribution in [0.1, 0.15) is 19.4 Å². The molecule has 0 radical (unpaired) electrons. The lowest BCUT2D eigenvalue weighted by Gasteiger charge is -2.50. The predicted octanol–water partition coefficient (Wildman–Crippen LogP) is 1.86. The van der Waals surface area contributed by atoms with Crippen molar-refractivity contribution in [2.45, 2.75) is 24.9 Å². The lowest BCUT2D eigenvalue weighted by Crippen LogP contribution is -2.60. The topological polar surface area (TPSA) is 29.5 Å². The molecule has 15 heavy (non-hydrogen) atoms. The van der Waals surface area contributed by atoms with E-state index in [9.17, 15) is 9.50 Å². The molecule has 0 aliphatic carbocycles. The summed E-state index contributed by atoms with van der Waals surface area (Å²) >= 11 is 0. The second kappa shape index (κ2) is 3.29. The van der Waals surface area contributed by atoms with Crippen molar-refractivity contribution >= 4 is 0 Å². The van der Waals surface area contributed by atoms with Crippen molar-refractivity contribution in [3.05, 3.63) is 35.6 Å². The van der Waals surface area contributed by atoms with Crippen molar-refractivity contribution in [1.29, 1.82) is 0 Å². The van der Waals surface area contributed by atoms with Gasteiger partial charge in [0.1, 0.15) is 5.82 Å². The highest BCUT2D eigenvalue weighted by Crippen LogP contribution is 2.41. The second-order valence-electron chi connectivity index (χ2n) is 4.64. The summed E-state index contributed by atoms with van der Waals surface area (Å²) in [7, 11) is 0. The fraction of sp³-hybridized carbons (Fsp3) is 0.500. The average Bonchev–Trinajstić information content (AvgIpc) is 1.98. The molecule has 1 aliphatic rings. The Kier molecular flexibility index (Phi) is 2.32. The zero-order chi connectivity index (χ0) is 11.1. The van der Waals surface area contributed by atoms with Gasteiger partial charge < -0.3 is 9.84 Å². The largest absolute Gasteiger partial charge is 0.389 e. The summed E-state index contributed by atoms with van der Waals surface area (Å²) in [5.74, 6) is -0.275. The molecule has 1 fully saturated rings. The minimum absolute atomic E-state index is 0.275. The Bertz CT molecular complexity index is 364. The first-order valence-electron chi connectivity index (χ1n) is 5.02. The van der Waals surface area contributed by atoms with Gasteiger partial charge in [0.15, 0.2) is 0 Å². The lowest BCUT2D eigenvalue weighted by molar-refractivity contribution is -0.157. The van der Waals surface area contributed by atoms with E-state index >= 15 is 0 Å². The van der Waals surface area contributed by atoms with Gasteiger partial charge in [-0.1, -0.05) is 12.1 Å². The van der Waals surface area contributed by atoms with Crippen molar-refractivity contribution in [3.8, 4) is 0 Å². The van der Waals surface area contributed by atoms with E-state index in [2.05, 4.69) is 0 Å². The molecule has 1 aliphatic heterocycles. The first-order valence-corrected chi connectivity index (χ1v) is 5.02. The number of ether oxygens (including phenoxy) is 1. The van der Waals surface area contributed by atoms with E-state index < -0.39 is 11.0 Å². The van der Waals surface area contributed by atoms with E-state index in [4.69, 9.17) is 4.74 Å². The number of benzene rings is 1. The summed E-state index contributed by atoms with van der Waals surface area (Å²) in [6.45, 7) is 4.36. The first kappa shape index (κ1) is 10.6. The SMILES string of the molecule is CC(C)(O)C1(c2cccc(F)c2)COC1. The highest BCUT2D eigenvalue weighted by molar-refractivity contribution is 5.32.